The molecule has 0 atom stereocenters. The number of rotatable bonds is 4. The molecule has 1 aromatic heterocycles. The number of hydrogen-bond acceptors (Lipinski definition) is 3. The lowest BCUT2D eigenvalue weighted by Crippen LogP contribution is -2.19. The van der Waals surface area contributed by atoms with Crippen LogP contribution < -0.4 is 5.73 Å². The molecule has 0 unspecified atom stereocenters. The second-order valence-corrected chi connectivity index (χ2v) is 4.12. The Labute approximate surface area is 82.7 Å². The average molecular weight is 197 g/mol. The molecule has 1 rings (SSSR count). The van der Waals surface area contributed by atoms with E-state index in [0.29, 0.717) is 5.92 Å². The lowest BCUT2D eigenvalue weighted by molar-refractivity contribution is 0.846. The summed E-state index contributed by atoms with van der Waals surface area (Å²) in [4.78, 5) is 8.43. The largest absolute Gasteiger partial charge is 0.387 e. The van der Waals surface area contributed by atoms with E-state index < -0.39 is 0 Å². The van der Waals surface area contributed by atoms with Crippen LogP contribution in [0.15, 0.2) is 16.6 Å². The van der Waals surface area contributed by atoms with Gasteiger partial charge in [-0.1, -0.05) is 13.8 Å². The van der Waals surface area contributed by atoms with Crippen molar-refractivity contribution in [3.8, 4) is 0 Å². The van der Waals surface area contributed by atoms with Crippen LogP contribution in [0.4, 0.5) is 0 Å². The van der Waals surface area contributed by atoms with Crippen molar-refractivity contribution >= 4 is 17.2 Å². The molecule has 0 saturated carbocycles. The van der Waals surface area contributed by atoms with E-state index in [1.807, 2.05) is 25.4 Å². The van der Waals surface area contributed by atoms with Gasteiger partial charge in [0.1, 0.15) is 0 Å². The molecule has 0 spiro atoms. The number of hydrogen-bond donors (Lipinski definition) is 1. The van der Waals surface area contributed by atoms with Crippen molar-refractivity contribution in [3.63, 3.8) is 0 Å². The Morgan fingerprint density at radius 1 is 1.69 bits per heavy atom. The fourth-order valence-corrected chi connectivity index (χ4v) is 1.45. The molecule has 0 aliphatic rings. The van der Waals surface area contributed by atoms with E-state index in [9.17, 15) is 0 Å². The Bertz CT molecular complexity index is 264. The summed E-state index contributed by atoms with van der Waals surface area (Å²) in [5.74, 6) is 1.08. The molecule has 0 fully saturated rings. The maximum atomic E-state index is 5.69. The van der Waals surface area contributed by atoms with Crippen LogP contribution in [0.2, 0.25) is 0 Å². The smallest absolute Gasteiger partial charge is 0.0962 e. The van der Waals surface area contributed by atoms with Crippen LogP contribution in [0.1, 0.15) is 18.9 Å². The lowest BCUT2D eigenvalue weighted by Gasteiger charge is -2.02. The lowest BCUT2D eigenvalue weighted by atomic mass is 10.2. The number of aliphatic imine (C=N–C) groups is 1. The van der Waals surface area contributed by atoms with Gasteiger partial charge in [0.05, 0.1) is 10.8 Å². The highest BCUT2D eigenvalue weighted by Crippen LogP contribution is 2.04. The summed E-state index contributed by atoms with van der Waals surface area (Å²) in [6, 6.07) is 0. The summed E-state index contributed by atoms with van der Waals surface area (Å²) in [6.45, 7) is 4.84. The van der Waals surface area contributed by atoms with Crippen molar-refractivity contribution in [3.05, 3.63) is 16.6 Å². The molecule has 72 valence electrons. The Kier molecular flexibility index (Phi) is 3.89. The van der Waals surface area contributed by atoms with Gasteiger partial charge in [-0.25, -0.2) is 4.98 Å². The van der Waals surface area contributed by atoms with Crippen LogP contribution in [-0.4, -0.2) is 17.4 Å². The third-order valence-electron chi connectivity index (χ3n) is 1.70. The molecule has 13 heavy (non-hydrogen) atoms. The van der Waals surface area contributed by atoms with E-state index in [-0.39, 0.29) is 0 Å². The maximum absolute atomic E-state index is 5.69. The van der Waals surface area contributed by atoms with Crippen LogP contribution in [-0.2, 0) is 6.42 Å². The molecule has 3 nitrogen and oxygen atoms in total. The predicted octanol–water partition coefficient (Wildman–Crippen LogP) is 1.70. The predicted molar refractivity (Wildman–Crippen MR) is 57.1 cm³/mol. The number of nitrogens with two attached hydrogens (primary N) is 1. The minimum atomic E-state index is 0.344. The minimum Gasteiger partial charge on any atom is -0.387 e. The Balaban J connectivity index is 2.32. The summed E-state index contributed by atoms with van der Waals surface area (Å²) in [7, 11) is 0. The first-order chi connectivity index (χ1) is 6.20. The normalized spacial score (nSPS) is 12.4. The van der Waals surface area contributed by atoms with Crippen molar-refractivity contribution in [1.29, 1.82) is 0 Å². The fourth-order valence-electron chi connectivity index (χ4n) is 0.840. The van der Waals surface area contributed by atoms with Crippen molar-refractivity contribution in [2.75, 3.05) is 6.54 Å². The molecule has 0 aromatic carbocycles. The van der Waals surface area contributed by atoms with Crippen LogP contribution in [0.25, 0.3) is 0 Å². The van der Waals surface area contributed by atoms with Gasteiger partial charge in [-0.2, -0.15) is 0 Å². The highest BCUT2D eigenvalue weighted by Gasteiger charge is 1.98. The molecular formula is C9H15N3S. The Hall–Kier alpha value is -0.900. The number of aromatic nitrogens is 1. The van der Waals surface area contributed by atoms with Crippen LogP contribution >= 0.6 is 11.3 Å². The molecule has 1 heterocycles. The average Bonchev–Trinajstić information content (AvgIpc) is 2.56. The highest BCUT2D eigenvalue weighted by molar-refractivity contribution is 7.09. The molecule has 0 saturated heterocycles. The van der Waals surface area contributed by atoms with Crippen molar-refractivity contribution in [2.24, 2.45) is 16.6 Å². The number of nitrogens with zero attached hydrogens (tertiary/aromatic N) is 2. The maximum Gasteiger partial charge on any atom is 0.0962 e. The van der Waals surface area contributed by atoms with Gasteiger partial charge in [0.25, 0.3) is 0 Å². The first kappa shape index (κ1) is 10.2. The summed E-state index contributed by atoms with van der Waals surface area (Å²) in [5, 5.41) is 3.10. The quantitative estimate of drug-likeness (QED) is 0.590. The molecule has 4 heteroatoms. The molecular weight excluding hydrogens is 182 g/mol. The van der Waals surface area contributed by atoms with Crippen LogP contribution in [0.5, 0.6) is 0 Å². The van der Waals surface area contributed by atoms with Gasteiger partial charge < -0.3 is 5.73 Å². The van der Waals surface area contributed by atoms with E-state index >= 15 is 0 Å². The van der Waals surface area contributed by atoms with Gasteiger partial charge in [0, 0.05) is 30.5 Å². The molecule has 2 N–H and O–H groups in total. The molecule has 0 bridgehead atoms. The van der Waals surface area contributed by atoms with Gasteiger partial charge >= 0.3 is 0 Å². The zero-order chi connectivity index (χ0) is 9.68. The van der Waals surface area contributed by atoms with E-state index in [1.54, 1.807) is 11.3 Å². The monoisotopic (exact) mass is 197 g/mol. The molecule has 0 radical (unpaired) electrons. The summed E-state index contributed by atoms with van der Waals surface area (Å²) in [6.07, 6.45) is 2.71. The minimum absolute atomic E-state index is 0.344. The zero-order valence-corrected chi connectivity index (χ0v) is 8.84. The first-order valence-corrected chi connectivity index (χ1v) is 5.26. The topological polar surface area (TPSA) is 51.3 Å². The second-order valence-electron chi connectivity index (χ2n) is 3.14. The van der Waals surface area contributed by atoms with Crippen LogP contribution in [0.3, 0.4) is 0 Å². The van der Waals surface area contributed by atoms with Gasteiger partial charge in [0.2, 0.25) is 0 Å². The van der Waals surface area contributed by atoms with E-state index in [0.717, 1.165) is 23.8 Å². The second kappa shape index (κ2) is 4.97. The van der Waals surface area contributed by atoms with Crippen molar-refractivity contribution in [2.45, 2.75) is 20.3 Å². The number of amidine groups is 1. The zero-order valence-electron chi connectivity index (χ0n) is 8.03. The van der Waals surface area contributed by atoms with Crippen LogP contribution in [0, 0.1) is 5.92 Å². The third-order valence-corrected chi connectivity index (χ3v) is 2.53. The SMILES string of the molecule is CC(C)C(N)=NCCc1nccs1. The van der Waals surface area contributed by atoms with Crippen molar-refractivity contribution in [1.82, 2.24) is 4.98 Å². The molecule has 0 aliphatic carbocycles. The summed E-state index contributed by atoms with van der Waals surface area (Å²) < 4.78 is 0. The van der Waals surface area contributed by atoms with E-state index in [1.165, 1.54) is 0 Å². The number of thiazole rings is 1. The fraction of sp³-hybridized carbons (Fsp3) is 0.556. The highest BCUT2D eigenvalue weighted by atomic mass is 32.1. The third kappa shape index (κ3) is 3.55. The summed E-state index contributed by atoms with van der Waals surface area (Å²) in [5.41, 5.74) is 5.69. The van der Waals surface area contributed by atoms with Gasteiger partial charge in [-0.05, 0) is 0 Å². The van der Waals surface area contributed by atoms with Gasteiger partial charge in [0.15, 0.2) is 0 Å². The van der Waals surface area contributed by atoms with Gasteiger partial charge in [-0.3, -0.25) is 4.99 Å². The first-order valence-electron chi connectivity index (χ1n) is 4.38. The van der Waals surface area contributed by atoms with E-state index in [4.69, 9.17) is 5.73 Å². The summed E-state index contributed by atoms with van der Waals surface area (Å²) >= 11 is 1.66. The molecule has 1 aromatic rings. The van der Waals surface area contributed by atoms with Crippen molar-refractivity contribution < 1.29 is 0 Å². The molecule has 0 amide bonds. The standard InChI is InChI=1S/C9H15N3S/c1-7(2)9(10)12-4-3-8-11-5-6-13-8/h5-7H,3-4H2,1-2H3,(H2,10,12). The van der Waals surface area contributed by atoms with Gasteiger partial charge in [-0.15, -0.1) is 11.3 Å². The molecule has 0 aliphatic heterocycles. The Morgan fingerprint density at radius 3 is 3.00 bits per heavy atom. The van der Waals surface area contributed by atoms with E-state index in [2.05, 4.69) is 9.98 Å². The Morgan fingerprint density at radius 2 is 2.46 bits per heavy atom.